The lowest BCUT2D eigenvalue weighted by atomic mass is 9.85. The van der Waals surface area contributed by atoms with Crippen molar-refractivity contribution < 1.29 is 63.1 Å². The maximum atomic E-state index is 12.8. The molecule has 1 rings (SSSR count). The summed E-state index contributed by atoms with van der Waals surface area (Å²) in [5, 5.41) is 50.1. The first-order chi connectivity index (χ1) is 28.4. The summed E-state index contributed by atoms with van der Waals surface area (Å²) >= 11 is 0. The fourth-order valence-electron chi connectivity index (χ4n) is 6.57. The number of phosphoric ester groups is 1. The van der Waals surface area contributed by atoms with Gasteiger partial charge in [-0.15, -0.1) is 0 Å². The van der Waals surface area contributed by atoms with E-state index in [9.17, 15) is 44.6 Å². The molecule has 0 aliphatic heterocycles. The van der Waals surface area contributed by atoms with Gasteiger partial charge in [0.1, 0.15) is 43.2 Å². The fraction of sp³-hybridized carbons (Fsp3) is 0.778. The summed E-state index contributed by atoms with van der Waals surface area (Å²) in [6, 6.07) is 0. The Morgan fingerprint density at radius 3 is 1.47 bits per heavy atom. The molecule has 1 aliphatic rings. The highest BCUT2D eigenvalue weighted by Crippen LogP contribution is 2.47. The summed E-state index contributed by atoms with van der Waals surface area (Å²) in [6.07, 6.45) is 27.4. The Bertz CT molecular complexity index is 1220. The molecule has 14 heteroatoms. The minimum absolute atomic E-state index is 0.0922. The number of esters is 2. The first kappa shape index (κ1) is 54.8. The van der Waals surface area contributed by atoms with Gasteiger partial charge in [-0.05, 0) is 51.4 Å². The van der Waals surface area contributed by atoms with Crippen LogP contribution in [0.2, 0.25) is 0 Å². The lowest BCUT2D eigenvalue weighted by molar-refractivity contribution is -0.220. The number of ether oxygens (including phenoxy) is 2. The number of rotatable bonds is 36. The van der Waals surface area contributed by atoms with Gasteiger partial charge in [-0.25, -0.2) is 4.57 Å². The third-order valence-electron chi connectivity index (χ3n) is 10.2. The van der Waals surface area contributed by atoms with Crippen LogP contribution in [0, 0.1) is 0 Å². The quantitative estimate of drug-likeness (QED) is 0.0152. The van der Waals surface area contributed by atoms with Crippen molar-refractivity contribution in [3.05, 3.63) is 48.6 Å². The number of hydrogen-bond acceptors (Lipinski definition) is 12. The molecule has 0 heterocycles. The summed E-state index contributed by atoms with van der Waals surface area (Å²) in [4.78, 5) is 35.6. The van der Waals surface area contributed by atoms with Crippen LogP contribution in [-0.4, -0.2) is 98.3 Å². The maximum Gasteiger partial charge on any atom is 0.472 e. The molecule has 1 saturated carbocycles. The summed E-state index contributed by atoms with van der Waals surface area (Å²) in [7, 11) is -5.12. The van der Waals surface area contributed by atoms with E-state index >= 15 is 0 Å². The summed E-state index contributed by atoms with van der Waals surface area (Å²) in [5.74, 6) is -1.13. The van der Waals surface area contributed by atoms with Gasteiger partial charge < -0.3 is 39.9 Å². The molecule has 0 aromatic heterocycles. The maximum absolute atomic E-state index is 12.8. The zero-order chi connectivity index (χ0) is 43.6. The molecule has 0 aromatic rings. The smallest absolute Gasteiger partial charge is 0.462 e. The van der Waals surface area contributed by atoms with Crippen molar-refractivity contribution in [2.24, 2.45) is 0 Å². The predicted molar refractivity (Wildman–Crippen MR) is 230 cm³/mol. The van der Waals surface area contributed by atoms with E-state index in [1.807, 2.05) is 0 Å². The number of hydrogen-bond donors (Lipinski definition) is 6. The van der Waals surface area contributed by atoms with Gasteiger partial charge in [0.25, 0.3) is 0 Å². The Hall–Kier alpha value is -2.19. The third-order valence-corrected chi connectivity index (χ3v) is 11.2. The Kier molecular flexibility index (Phi) is 32.9. The molecule has 0 aromatic carbocycles. The minimum Gasteiger partial charge on any atom is -0.462 e. The highest BCUT2D eigenvalue weighted by atomic mass is 31.2. The van der Waals surface area contributed by atoms with Gasteiger partial charge >= 0.3 is 19.8 Å². The number of unbranched alkanes of at least 4 members (excludes halogenated alkanes) is 16. The van der Waals surface area contributed by atoms with E-state index in [0.717, 1.165) is 77.0 Å². The van der Waals surface area contributed by atoms with Crippen LogP contribution in [-0.2, 0) is 32.7 Å². The van der Waals surface area contributed by atoms with Crippen LogP contribution in [0.15, 0.2) is 48.6 Å². The van der Waals surface area contributed by atoms with Gasteiger partial charge in [-0.1, -0.05) is 152 Å². The Labute approximate surface area is 354 Å². The van der Waals surface area contributed by atoms with Crippen molar-refractivity contribution in [1.82, 2.24) is 0 Å². The van der Waals surface area contributed by atoms with Crippen LogP contribution < -0.4 is 0 Å². The number of phosphoric acid groups is 1. The second-order valence-electron chi connectivity index (χ2n) is 15.5. The number of carbonyl (C=O) groups excluding carboxylic acids is 2. The molecular formula is C45H79O13P. The average Bonchev–Trinajstić information content (AvgIpc) is 3.21. The lowest BCUT2D eigenvalue weighted by Crippen LogP contribution is -2.64. The summed E-state index contributed by atoms with van der Waals surface area (Å²) in [5.41, 5.74) is 0. The SMILES string of the molecule is CCC=CCC=CCC=CCC=CCCCCCCC(=O)OC[C@H](COP(=O)(O)OC1C(O)C(O)C(O)[C@@H](O)C1O)OC(=O)CCCCCCCCCCCCCCC. The van der Waals surface area contributed by atoms with Crippen LogP contribution in [0.25, 0.3) is 0 Å². The van der Waals surface area contributed by atoms with Crippen molar-refractivity contribution in [2.75, 3.05) is 13.2 Å². The number of aliphatic hydroxyl groups is 5. The molecule has 13 nitrogen and oxygen atoms in total. The highest BCUT2D eigenvalue weighted by molar-refractivity contribution is 7.47. The number of carbonyl (C=O) groups is 2. The van der Waals surface area contributed by atoms with Gasteiger partial charge in [0.05, 0.1) is 6.61 Å². The molecule has 6 unspecified atom stereocenters. The standard InChI is InChI=1S/C45H79O13P/c1-3-5-7-9-11-13-15-17-18-19-20-22-23-25-27-29-31-33-38(46)55-35-37(36-56-59(53,54)58-45-43(51)41(49)40(48)42(50)44(45)52)57-39(47)34-32-30-28-26-24-21-16-14-12-10-8-6-4-2/h5,7,11,13,17-18,20,22,37,40-45,48-52H,3-4,6,8-10,12,14-16,19,21,23-36H2,1-2H3,(H,53,54)/t37-,40?,41-,42?,43?,44?,45?/m1/s1. The van der Waals surface area contributed by atoms with E-state index in [1.165, 1.54) is 51.4 Å². The van der Waals surface area contributed by atoms with Gasteiger partial charge in [0.15, 0.2) is 6.10 Å². The Morgan fingerprint density at radius 1 is 0.542 bits per heavy atom. The van der Waals surface area contributed by atoms with Gasteiger partial charge in [0, 0.05) is 12.8 Å². The second-order valence-corrected chi connectivity index (χ2v) is 16.9. The van der Waals surface area contributed by atoms with Gasteiger partial charge in [-0.3, -0.25) is 18.6 Å². The molecule has 0 amide bonds. The molecule has 1 aliphatic carbocycles. The molecule has 59 heavy (non-hydrogen) atoms. The van der Waals surface area contributed by atoms with Crippen LogP contribution in [0.1, 0.15) is 168 Å². The van der Waals surface area contributed by atoms with E-state index in [2.05, 4.69) is 62.5 Å². The van der Waals surface area contributed by atoms with E-state index in [1.54, 1.807) is 0 Å². The Morgan fingerprint density at radius 2 is 0.966 bits per heavy atom. The highest BCUT2D eigenvalue weighted by Gasteiger charge is 2.51. The second kappa shape index (κ2) is 35.4. The van der Waals surface area contributed by atoms with E-state index in [4.69, 9.17) is 18.5 Å². The first-order valence-electron chi connectivity index (χ1n) is 22.4. The van der Waals surface area contributed by atoms with Crippen molar-refractivity contribution in [3.63, 3.8) is 0 Å². The number of allylic oxidation sites excluding steroid dienone is 8. The molecule has 0 saturated heterocycles. The summed E-state index contributed by atoms with van der Waals surface area (Å²) < 4.78 is 33.5. The van der Waals surface area contributed by atoms with Crippen LogP contribution in [0.4, 0.5) is 0 Å². The molecule has 8 atom stereocenters. The van der Waals surface area contributed by atoms with Crippen molar-refractivity contribution in [3.8, 4) is 0 Å². The van der Waals surface area contributed by atoms with Gasteiger partial charge in [-0.2, -0.15) is 0 Å². The van der Waals surface area contributed by atoms with Gasteiger partial charge in [0.2, 0.25) is 0 Å². The molecule has 0 spiro atoms. The molecule has 6 N–H and O–H groups in total. The first-order valence-corrected chi connectivity index (χ1v) is 23.9. The third kappa shape index (κ3) is 28.1. The van der Waals surface area contributed by atoms with Crippen molar-refractivity contribution in [1.29, 1.82) is 0 Å². The zero-order valence-corrected chi connectivity index (χ0v) is 36.9. The lowest BCUT2D eigenvalue weighted by Gasteiger charge is -2.41. The number of aliphatic hydroxyl groups excluding tert-OH is 5. The molecule has 1 fully saturated rings. The van der Waals surface area contributed by atoms with E-state index < -0.39 is 75.7 Å². The molecule has 0 bridgehead atoms. The van der Waals surface area contributed by atoms with Crippen LogP contribution in [0.5, 0.6) is 0 Å². The zero-order valence-electron chi connectivity index (χ0n) is 36.0. The normalized spacial score (nSPS) is 22.8. The van der Waals surface area contributed by atoms with Crippen molar-refractivity contribution >= 4 is 19.8 Å². The monoisotopic (exact) mass is 859 g/mol. The largest absolute Gasteiger partial charge is 0.472 e. The summed E-state index contributed by atoms with van der Waals surface area (Å²) in [6.45, 7) is 3.15. The Balaban J connectivity index is 2.49. The minimum atomic E-state index is -5.12. The van der Waals surface area contributed by atoms with E-state index in [-0.39, 0.29) is 12.8 Å². The van der Waals surface area contributed by atoms with E-state index in [0.29, 0.717) is 12.8 Å². The fourth-order valence-corrected chi connectivity index (χ4v) is 7.54. The van der Waals surface area contributed by atoms with Crippen LogP contribution >= 0.6 is 7.82 Å². The topological polar surface area (TPSA) is 210 Å². The van der Waals surface area contributed by atoms with Crippen LogP contribution in [0.3, 0.4) is 0 Å². The molecular weight excluding hydrogens is 779 g/mol. The van der Waals surface area contributed by atoms with Crippen molar-refractivity contribution in [2.45, 2.75) is 211 Å². The average molecular weight is 859 g/mol. The molecule has 0 radical (unpaired) electrons. The molecule has 342 valence electrons. The predicted octanol–water partition coefficient (Wildman–Crippen LogP) is 8.39.